The van der Waals surface area contributed by atoms with Crippen LogP contribution >= 0.6 is 0 Å². The molecule has 1 rings (SSSR count). The molecule has 9 heteroatoms. The Hall–Kier alpha value is -1.93. The number of nitrogen functional groups attached to an aromatic ring is 1. The van der Waals surface area contributed by atoms with Crippen LogP contribution in [0.25, 0.3) is 0 Å². The van der Waals surface area contributed by atoms with E-state index in [0.717, 1.165) is 0 Å². The van der Waals surface area contributed by atoms with Crippen LogP contribution in [0.3, 0.4) is 0 Å². The summed E-state index contributed by atoms with van der Waals surface area (Å²) in [4.78, 5) is 14.5. The number of carbonyl (C=O) groups is 1. The van der Waals surface area contributed by atoms with Crippen molar-refractivity contribution in [3.05, 3.63) is 23.0 Å². The number of halogens is 5. The third kappa shape index (κ3) is 3.78. The number of hydrogen-bond acceptors (Lipinski definition) is 4. The van der Waals surface area contributed by atoms with Gasteiger partial charge >= 0.3 is 12.1 Å². The summed E-state index contributed by atoms with van der Waals surface area (Å²) in [6, 6.07) is 0.175. The van der Waals surface area contributed by atoms with Gasteiger partial charge in [-0.05, 0) is 13.0 Å². The van der Waals surface area contributed by atoms with E-state index >= 15 is 0 Å². The zero-order valence-electron chi connectivity index (χ0n) is 10.3. The lowest BCUT2D eigenvalue weighted by atomic mass is 10.1. The first-order valence-corrected chi connectivity index (χ1v) is 5.47. The Morgan fingerprint density at radius 2 is 2.05 bits per heavy atom. The van der Waals surface area contributed by atoms with Gasteiger partial charge in [-0.1, -0.05) is 0 Å². The lowest BCUT2D eigenvalue weighted by molar-refractivity contribution is -0.142. The quantitative estimate of drug-likeness (QED) is 0.685. The maximum absolute atomic E-state index is 12.7. The Balaban J connectivity index is 3.28. The predicted octanol–water partition coefficient (Wildman–Crippen LogP) is 2.73. The normalized spacial score (nSPS) is 11.8. The highest BCUT2D eigenvalue weighted by Gasteiger charge is 2.36. The Morgan fingerprint density at radius 1 is 1.45 bits per heavy atom. The van der Waals surface area contributed by atoms with Crippen LogP contribution in [0.2, 0.25) is 0 Å². The van der Waals surface area contributed by atoms with E-state index in [1.165, 1.54) is 6.92 Å². The number of carbonyl (C=O) groups excluding carboxylic acids is 1. The van der Waals surface area contributed by atoms with E-state index in [2.05, 4.69) is 9.72 Å². The molecule has 0 aliphatic heterocycles. The molecule has 0 saturated heterocycles. The summed E-state index contributed by atoms with van der Waals surface area (Å²) >= 11 is 0. The molecule has 0 radical (unpaired) electrons. The molecule has 0 atom stereocenters. The monoisotopic (exact) mass is 298 g/mol. The second kappa shape index (κ2) is 6.02. The number of nitrogens with two attached hydrogens (primary N) is 1. The Labute approximate surface area is 110 Å². The highest BCUT2D eigenvalue weighted by Crippen LogP contribution is 2.36. The zero-order chi connectivity index (χ0) is 15.5. The summed E-state index contributed by atoms with van der Waals surface area (Å²) < 4.78 is 67.7. The molecule has 0 fully saturated rings. The molecule has 1 aromatic heterocycles. The van der Waals surface area contributed by atoms with Crippen molar-refractivity contribution in [1.29, 1.82) is 0 Å². The molecule has 0 aliphatic rings. The largest absolute Gasteiger partial charge is 0.466 e. The first-order valence-electron chi connectivity index (χ1n) is 5.47. The van der Waals surface area contributed by atoms with Crippen molar-refractivity contribution in [2.24, 2.45) is 0 Å². The van der Waals surface area contributed by atoms with Gasteiger partial charge in [-0.2, -0.15) is 13.2 Å². The third-order valence-corrected chi connectivity index (χ3v) is 2.30. The SMILES string of the molecule is CCOC(=O)Cc1nc(C(F)F)cc(C(F)(F)F)c1N. The zero-order valence-corrected chi connectivity index (χ0v) is 10.3. The second-order valence-electron chi connectivity index (χ2n) is 3.74. The Bertz CT molecular complexity index is 502. The van der Waals surface area contributed by atoms with Crippen LogP contribution in [-0.2, 0) is 22.1 Å². The van der Waals surface area contributed by atoms with E-state index in [1.807, 2.05) is 0 Å². The minimum absolute atomic E-state index is 0.000591. The van der Waals surface area contributed by atoms with E-state index in [9.17, 15) is 26.7 Å². The molecule has 2 N–H and O–H groups in total. The summed E-state index contributed by atoms with van der Waals surface area (Å²) in [6.07, 6.45) is -8.83. The van der Waals surface area contributed by atoms with Gasteiger partial charge in [0.2, 0.25) is 0 Å². The van der Waals surface area contributed by atoms with E-state index in [4.69, 9.17) is 5.73 Å². The highest BCUT2D eigenvalue weighted by molar-refractivity contribution is 5.74. The number of ether oxygens (including phenoxy) is 1. The molecule has 0 aliphatic carbocycles. The molecular weight excluding hydrogens is 287 g/mol. The predicted molar refractivity (Wildman–Crippen MR) is 58.9 cm³/mol. The molecule has 0 saturated carbocycles. The van der Waals surface area contributed by atoms with Crippen molar-refractivity contribution in [1.82, 2.24) is 4.98 Å². The van der Waals surface area contributed by atoms with E-state index in [-0.39, 0.29) is 12.7 Å². The van der Waals surface area contributed by atoms with Crippen molar-refractivity contribution in [2.75, 3.05) is 12.3 Å². The molecule has 1 aromatic rings. The van der Waals surface area contributed by atoms with Crippen LogP contribution in [0.1, 0.15) is 30.3 Å². The smallest absolute Gasteiger partial charge is 0.418 e. The third-order valence-electron chi connectivity index (χ3n) is 2.30. The number of rotatable bonds is 4. The standard InChI is InChI=1S/C11H11F5N2O2/c1-2-20-8(19)4-6-9(17)5(11(14,15)16)3-7(18-6)10(12)13/h3,10H,2,4,17H2,1H3. The van der Waals surface area contributed by atoms with Gasteiger partial charge in [0, 0.05) is 0 Å². The number of anilines is 1. The summed E-state index contributed by atoms with van der Waals surface area (Å²) in [5.41, 5.74) is 1.29. The minimum atomic E-state index is -4.92. The van der Waals surface area contributed by atoms with E-state index in [0.29, 0.717) is 0 Å². The molecule has 4 nitrogen and oxygen atoms in total. The van der Waals surface area contributed by atoms with Crippen LogP contribution in [0, 0.1) is 0 Å². The van der Waals surface area contributed by atoms with Gasteiger partial charge in [0.1, 0.15) is 5.69 Å². The minimum Gasteiger partial charge on any atom is -0.466 e. The second-order valence-corrected chi connectivity index (χ2v) is 3.74. The number of alkyl halides is 5. The summed E-state index contributed by atoms with van der Waals surface area (Å²) in [5, 5.41) is 0. The fourth-order valence-electron chi connectivity index (χ4n) is 1.46. The fraction of sp³-hybridized carbons (Fsp3) is 0.455. The van der Waals surface area contributed by atoms with E-state index < -0.39 is 47.6 Å². The first-order chi connectivity index (χ1) is 9.16. The number of esters is 1. The molecule has 0 aromatic carbocycles. The van der Waals surface area contributed by atoms with Gasteiger partial charge in [-0.25, -0.2) is 13.8 Å². The van der Waals surface area contributed by atoms with Crippen molar-refractivity contribution >= 4 is 11.7 Å². The number of aromatic nitrogens is 1. The summed E-state index contributed by atoms with van der Waals surface area (Å²) in [7, 11) is 0. The average molecular weight is 298 g/mol. The van der Waals surface area contributed by atoms with Gasteiger partial charge in [-0.3, -0.25) is 4.79 Å². The molecule has 20 heavy (non-hydrogen) atoms. The lowest BCUT2D eigenvalue weighted by Crippen LogP contribution is -2.17. The van der Waals surface area contributed by atoms with Crippen molar-refractivity contribution < 1.29 is 31.5 Å². The van der Waals surface area contributed by atoms with Crippen LogP contribution in [-0.4, -0.2) is 17.6 Å². The topological polar surface area (TPSA) is 65.2 Å². The maximum atomic E-state index is 12.7. The van der Waals surface area contributed by atoms with Gasteiger partial charge in [0.15, 0.2) is 0 Å². The Morgan fingerprint density at radius 3 is 2.50 bits per heavy atom. The van der Waals surface area contributed by atoms with Gasteiger partial charge in [0.05, 0.1) is 30.0 Å². The maximum Gasteiger partial charge on any atom is 0.418 e. The average Bonchev–Trinajstić information content (AvgIpc) is 2.30. The van der Waals surface area contributed by atoms with Crippen LogP contribution in [0.5, 0.6) is 0 Å². The lowest BCUT2D eigenvalue weighted by Gasteiger charge is -2.14. The van der Waals surface area contributed by atoms with Gasteiger partial charge in [-0.15, -0.1) is 0 Å². The molecule has 1 heterocycles. The number of nitrogens with zero attached hydrogens (tertiary/aromatic N) is 1. The summed E-state index contributed by atoms with van der Waals surface area (Å²) in [5.74, 6) is -0.897. The van der Waals surface area contributed by atoms with Gasteiger partial charge in [0.25, 0.3) is 6.43 Å². The van der Waals surface area contributed by atoms with Crippen LogP contribution < -0.4 is 5.73 Å². The van der Waals surface area contributed by atoms with Crippen molar-refractivity contribution in [2.45, 2.75) is 25.9 Å². The molecule has 0 spiro atoms. The molecule has 112 valence electrons. The number of pyridine rings is 1. The van der Waals surface area contributed by atoms with Crippen LogP contribution in [0.15, 0.2) is 6.07 Å². The molecule has 0 bridgehead atoms. The summed E-state index contributed by atoms with van der Waals surface area (Å²) in [6.45, 7) is 1.49. The molecule has 0 amide bonds. The van der Waals surface area contributed by atoms with E-state index in [1.54, 1.807) is 0 Å². The first kappa shape index (κ1) is 16.1. The highest BCUT2D eigenvalue weighted by atomic mass is 19.4. The van der Waals surface area contributed by atoms with Gasteiger partial charge < -0.3 is 10.5 Å². The molecular formula is C11H11F5N2O2. The Kier molecular flexibility index (Phi) is 4.85. The van der Waals surface area contributed by atoms with Crippen molar-refractivity contribution in [3.8, 4) is 0 Å². The number of hydrogen-bond donors (Lipinski definition) is 1. The molecule has 0 unspecified atom stereocenters. The van der Waals surface area contributed by atoms with Crippen molar-refractivity contribution in [3.63, 3.8) is 0 Å². The van der Waals surface area contributed by atoms with Crippen LogP contribution in [0.4, 0.5) is 27.6 Å². The fourth-order valence-corrected chi connectivity index (χ4v) is 1.46.